The number of carbonyl (C=O) groups is 1. The van der Waals surface area contributed by atoms with E-state index >= 15 is 0 Å². The first-order chi connectivity index (χ1) is 10.2. The van der Waals surface area contributed by atoms with E-state index in [1.165, 1.54) is 25.7 Å². The summed E-state index contributed by atoms with van der Waals surface area (Å²) in [6, 6.07) is 5.53. The monoisotopic (exact) mass is 348 g/mol. The molecule has 5 nitrogen and oxygen atoms in total. The highest BCUT2D eigenvalue weighted by Gasteiger charge is 2.15. The van der Waals surface area contributed by atoms with E-state index in [0.717, 1.165) is 21.9 Å². The van der Waals surface area contributed by atoms with Crippen LogP contribution in [0.15, 0.2) is 28.9 Å². The van der Waals surface area contributed by atoms with Gasteiger partial charge in [0, 0.05) is 22.6 Å². The van der Waals surface area contributed by atoms with Crippen LogP contribution in [0.3, 0.4) is 0 Å². The van der Waals surface area contributed by atoms with Crippen molar-refractivity contribution >= 4 is 38.8 Å². The molecule has 2 amide bonds. The molecule has 1 aromatic carbocycles. The van der Waals surface area contributed by atoms with E-state index in [0.29, 0.717) is 11.9 Å². The van der Waals surface area contributed by atoms with Gasteiger partial charge in [0.25, 0.3) is 0 Å². The smallest absolute Gasteiger partial charge is 0.321 e. The number of hydrogen-bond donors (Lipinski definition) is 2. The highest BCUT2D eigenvalue weighted by molar-refractivity contribution is 9.10. The first-order valence-corrected chi connectivity index (χ1v) is 7.97. The Balaban J connectivity index is 1.62. The molecule has 0 aliphatic heterocycles. The molecule has 0 atom stereocenters. The number of anilines is 1. The van der Waals surface area contributed by atoms with Crippen molar-refractivity contribution in [3.05, 3.63) is 28.9 Å². The Hall–Kier alpha value is -1.69. The minimum atomic E-state index is -0.240. The maximum absolute atomic E-state index is 11.9. The number of urea groups is 1. The van der Waals surface area contributed by atoms with Gasteiger partial charge in [-0.25, -0.2) is 14.8 Å². The van der Waals surface area contributed by atoms with Gasteiger partial charge in [-0.3, -0.25) is 5.32 Å². The van der Waals surface area contributed by atoms with Gasteiger partial charge in [0.05, 0.1) is 5.52 Å². The Kier molecular flexibility index (Phi) is 4.34. The van der Waals surface area contributed by atoms with Crippen LogP contribution in [-0.2, 0) is 0 Å². The van der Waals surface area contributed by atoms with Crippen LogP contribution in [0, 0.1) is 5.92 Å². The molecule has 1 fully saturated rings. The van der Waals surface area contributed by atoms with Crippen molar-refractivity contribution in [1.29, 1.82) is 0 Å². The van der Waals surface area contributed by atoms with Gasteiger partial charge < -0.3 is 5.32 Å². The van der Waals surface area contributed by atoms with Crippen molar-refractivity contribution in [2.24, 2.45) is 5.92 Å². The zero-order valence-electron chi connectivity index (χ0n) is 11.6. The van der Waals surface area contributed by atoms with E-state index in [2.05, 4.69) is 36.5 Å². The predicted octanol–water partition coefficient (Wildman–Crippen LogP) is 3.70. The van der Waals surface area contributed by atoms with E-state index in [1.807, 2.05) is 18.2 Å². The van der Waals surface area contributed by atoms with Crippen molar-refractivity contribution in [1.82, 2.24) is 15.3 Å². The molecule has 110 valence electrons. The number of carbonyl (C=O) groups excluding carboxylic acids is 1. The second kappa shape index (κ2) is 6.39. The molecule has 1 saturated carbocycles. The molecule has 0 radical (unpaired) electrons. The van der Waals surface area contributed by atoms with E-state index in [1.54, 1.807) is 6.20 Å². The molecule has 0 bridgehead atoms. The first kappa shape index (κ1) is 14.3. The van der Waals surface area contributed by atoms with Gasteiger partial charge >= 0.3 is 6.03 Å². The van der Waals surface area contributed by atoms with Crippen molar-refractivity contribution in [3.8, 4) is 0 Å². The van der Waals surface area contributed by atoms with Crippen molar-refractivity contribution in [3.63, 3.8) is 0 Å². The molecule has 6 heteroatoms. The number of nitrogens with zero attached hydrogens (tertiary/aromatic N) is 2. The van der Waals surface area contributed by atoms with Crippen LogP contribution in [0.1, 0.15) is 25.7 Å². The number of fused-ring (bicyclic) bond motifs is 1. The van der Waals surface area contributed by atoms with Gasteiger partial charge in [-0.15, -0.1) is 0 Å². The summed E-state index contributed by atoms with van der Waals surface area (Å²) in [7, 11) is 0. The third kappa shape index (κ3) is 3.69. The molecule has 2 N–H and O–H groups in total. The Labute approximate surface area is 131 Å². The number of halogens is 1. The van der Waals surface area contributed by atoms with Crippen LogP contribution in [-0.4, -0.2) is 22.5 Å². The normalized spacial score (nSPS) is 15.3. The van der Waals surface area contributed by atoms with Gasteiger partial charge in [0.2, 0.25) is 5.95 Å². The average Bonchev–Trinajstić information content (AvgIpc) is 2.98. The van der Waals surface area contributed by atoms with Gasteiger partial charge in [-0.05, 0) is 30.9 Å². The number of hydrogen-bond acceptors (Lipinski definition) is 3. The van der Waals surface area contributed by atoms with Crippen molar-refractivity contribution < 1.29 is 4.79 Å². The Morgan fingerprint density at radius 2 is 2.14 bits per heavy atom. The molecule has 0 spiro atoms. The summed E-state index contributed by atoms with van der Waals surface area (Å²) in [6.07, 6.45) is 6.68. The van der Waals surface area contributed by atoms with Gasteiger partial charge in [-0.1, -0.05) is 34.8 Å². The molecular formula is C15H17BrN4O. The molecule has 0 unspecified atom stereocenters. The summed E-state index contributed by atoms with van der Waals surface area (Å²) in [5.41, 5.74) is 0.797. The third-order valence-corrected chi connectivity index (χ3v) is 4.29. The fraction of sp³-hybridized carbons (Fsp3) is 0.400. The quantitative estimate of drug-likeness (QED) is 0.888. The lowest BCUT2D eigenvalue weighted by Crippen LogP contribution is -2.32. The molecule has 0 saturated heterocycles. The molecule has 2 aromatic rings. The second-order valence-electron chi connectivity index (χ2n) is 5.38. The molecule has 21 heavy (non-hydrogen) atoms. The average molecular weight is 349 g/mol. The number of nitrogens with one attached hydrogen (secondary N) is 2. The Bertz CT molecular complexity index is 655. The summed E-state index contributed by atoms with van der Waals surface area (Å²) in [5.74, 6) is 0.939. The van der Waals surface area contributed by atoms with E-state index < -0.39 is 0 Å². The van der Waals surface area contributed by atoms with Crippen LogP contribution in [0.25, 0.3) is 10.9 Å². The minimum absolute atomic E-state index is 0.240. The SMILES string of the molecule is O=C(NCC1CCCC1)Nc1ncc2ccc(Br)cc2n1. The highest BCUT2D eigenvalue weighted by Crippen LogP contribution is 2.23. The number of benzene rings is 1. The Morgan fingerprint density at radius 3 is 2.95 bits per heavy atom. The van der Waals surface area contributed by atoms with Crippen molar-refractivity contribution in [2.45, 2.75) is 25.7 Å². The maximum Gasteiger partial charge on any atom is 0.321 e. The molecule has 1 aliphatic rings. The standard InChI is InChI=1S/C15H17BrN4O/c16-12-6-5-11-9-17-14(19-13(11)7-12)20-15(21)18-8-10-3-1-2-4-10/h5-7,9-10H,1-4,8H2,(H2,17,18,19,20,21). The lowest BCUT2D eigenvalue weighted by atomic mass is 10.1. The summed E-state index contributed by atoms with van der Waals surface area (Å²) in [5, 5.41) is 6.52. The second-order valence-corrected chi connectivity index (χ2v) is 6.30. The summed E-state index contributed by atoms with van der Waals surface area (Å²) in [6.45, 7) is 0.727. The third-order valence-electron chi connectivity index (χ3n) is 3.80. The predicted molar refractivity (Wildman–Crippen MR) is 86.2 cm³/mol. The molecule has 3 rings (SSSR count). The summed E-state index contributed by atoms with van der Waals surface area (Å²) >= 11 is 3.41. The Morgan fingerprint density at radius 1 is 1.33 bits per heavy atom. The van der Waals surface area contributed by atoms with E-state index in [4.69, 9.17) is 0 Å². The fourth-order valence-corrected chi connectivity index (χ4v) is 3.00. The molecular weight excluding hydrogens is 332 g/mol. The first-order valence-electron chi connectivity index (χ1n) is 7.18. The zero-order valence-corrected chi connectivity index (χ0v) is 13.2. The lowest BCUT2D eigenvalue weighted by molar-refractivity contribution is 0.250. The van der Waals surface area contributed by atoms with E-state index in [9.17, 15) is 4.79 Å². The van der Waals surface area contributed by atoms with Crippen LogP contribution in [0.5, 0.6) is 0 Å². The highest BCUT2D eigenvalue weighted by atomic mass is 79.9. The van der Waals surface area contributed by atoms with Gasteiger partial charge in [0.15, 0.2) is 0 Å². The number of amides is 2. The zero-order chi connectivity index (χ0) is 14.7. The largest absolute Gasteiger partial charge is 0.338 e. The van der Waals surface area contributed by atoms with Crippen LogP contribution in [0.4, 0.5) is 10.7 Å². The lowest BCUT2D eigenvalue weighted by Gasteiger charge is -2.11. The topological polar surface area (TPSA) is 66.9 Å². The molecule has 1 heterocycles. The van der Waals surface area contributed by atoms with Crippen LogP contribution >= 0.6 is 15.9 Å². The van der Waals surface area contributed by atoms with Crippen LogP contribution in [0.2, 0.25) is 0 Å². The van der Waals surface area contributed by atoms with Crippen LogP contribution < -0.4 is 10.6 Å². The minimum Gasteiger partial charge on any atom is -0.338 e. The van der Waals surface area contributed by atoms with Crippen molar-refractivity contribution in [2.75, 3.05) is 11.9 Å². The fourth-order valence-electron chi connectivity index (χ4n) is 2.65. The maximum atomic E-state index is 11.9. The summed E-state index contributed by atoms with van der Waals surface area (Å²) in [4.78, 5) is 20.4. The number of aromatic nitrogens is 2. The molecule has 1 aliphatic carbocycles. The van der Waals surface area contributed by atoms with Gasteiger partial charge in [0.1, 0.15) is 0 Å². The number of rotatable bonds is 3. The van der Waals surface area contributed by atoms with Gasteiger partial charge in [-0.2, -0.15) is 0 Å². The summed E-state index contributed by atoms with van der Waals surface area (Å²) < 4.78 is 0.949. The molecule has 1 aromatic heterocycles. The van der Waals surface area contributed by atoms with E-state index in [-0.39, 0.29) is 6.03 Å².